The van der Waals surface area contributed by atoms with E-state index in [-0.39, 0.29) is 24.7 Å². The van der Waals surface area contributed by atoms with Gasteiger partial charge in [-0.1, -0.05) is 33.1 Å². The smallest absolute Gasteiger partial charge is 0.262 e. The van der Waals surface area contributed by atoms with Crippen LogP contribution >= 0.6 is 0 Å². The van der Waals surface area contributed by atoms with Crippen molar-refractivity contribution in [3.05, 3.63) is 29.3 Å². The maximum atomic E-state index is 13.1. The third-order valence-electron chi connectivity index (χ3n) is 7.73. The van der Waals surface area contributed by atoms with E-state index in [1.54, 1.807) is 12.1 Å². The number of carbonyl (C=O) groups is 5. The first kappa shape index (κ1) is 28.7. The Morgan fingerprint density at radius 2 is 1.64 bits per heavy atom. The highest BCUT2D eigenvalue weighted by molar-refractivity contribution is 6.23. The average Bonchev–Trinajstić information content (AvgIpc) is 3.14. The van der Waals surface area contributed by atoms with Gasteiger partial charge in [-0.15, -0.1) is 0 Å². The van der Waals surface area contributed by atoms with Crippen molar-refractivity contribution in [3.63, 3.8) is 0 Å². The number of rotatable bonds is 12. The minimum Gasteiger partial charge on any atom is -0.369 e. The number of anilines is 1. The summed E-state index contributed by atoms with van der Waals surface area (Å²) >= 11 is 0. The van der Waals surface area contributed by atoms with E-state index >= 15 is 0 Å². The summed E-state index contributed by atoms with van der Waals surface area (Å²) in [5.74, 6) is -1.37. The standard InChI is InChI=1S/C29H41N5O5/c1-20(2)18-26(36)30-12-6-4-3-5-7-13-32-14-16-33(17-15-32)21-8-9-22-23(19-21)29(39)34(28(22)38)24-10-11-25(35)31-27(24)37/h8-9,19-20,24H,3-7,10-18H2,1-2H3,(H,30,36)(H,31,35,37). The molecule has 212 valence electrons. The van der Waals surface area contributed by atoms with Gasteiger partial charge in [0.2, 0.25) is 17.7 Å². The number of amides is 5. The SMILES string of the molecule is CC(C)CC(=O)NCCCCCCCN1CCN(c2ccc3c(c2)C(=O)N(C2CCC(=O)NC2=O)C3=O)CC1. The van der Waals surface area contributed by atoms with Crippen LogP contribution < -0.4 is 15.5 Å². The van der Waals surface area contributed by atoms with E-state index in [0.29, 0.717) is 23.5 Å². The monoisotopic (exact) mass is 539 g/mol. The van der Waals surface area contributed by atoms with Crippen molar-refractivity contribution in [1.29, 1.82) is 0 Å². The number of imide groups is 2. The molecule has 1 atom stereocenters. The van der Waals surface area contributed by atoms with Gasteiger partial charge in [-0.2, -0.15) is 0 Å². The molecule has 0 bridgehead atoms. The molecule has 5 amide bonds. The lowest BCUT2D eigenvalue weighted by Gasteiger charge is -2.36. The van der Waals surface area contributed by atoms with Crippen LogP contribution in [0, 0.1) is 5.92 Å². The minimum atomic E-state index is -0.947. The predicted octanol–water partition coefficient (Wildman–Crippen LogP) is 2.32. The van der Waals surface area contributed by atoms with Gasteiger partial charge in [0, 0.05) is 51.3 Å². The molecule has 1 aromatic rings. The molecule has 3 aliphatic rings. The highest BCUT2D eigenvalue weighted by Crippen LogP contribution is 2.31. The van der Waals surface area contributed by atoms with E-state index in [1.165, 1.54) is 12.8 Å². The van der Waals surface area contributed by atoms with Crippen LogP contribution in [0.4, 0.5) is 5.69 Å². The Kier molecular flexibility index (Phi) is 9.72. The van der Waals surface area contributed by atoms with E-state index in [0.717, 1.165) is 69.1 Å². The summed E-state index contributed by atoms with van der Waals surface area (Å²) in [5, 5.41) is 5.22. The van der Waals surface area contributed by atoms with Crippen molar-refractivity contribution in [3.8, 4) is 0 Å². The van der Waals surface area contributed by atoms with Gasteiger partial charge in [-0.3, -0.25) is 39.1 Å². The number of benzene rings is 1. The number of fused-ring (bicyclic) bond motifs is 1. The predicted molar refractivity (Wildman–Crippen MR) is 147 cm³/mol. The Balaban J connectivity index is 1.17. The van der Waals surface area contributed by atoms with Crippen molar-refractivity contribution in [2.24, 2.45) is 5.92 Å². The van der Waals surface area contributed by atoms with E-state index in [4.69, 9.17) is 0 Å². The van der Waals surface area contributed by atoms with Gasteiger partial charge in [0.15, 0.2) is 0 Å². The van der Waals surface area contributed by atoms with Gasteiger partial charge in [0.1, 0.15) is 6.04 Å². The van der Waals surface area contributed by atoms with Crippen molar-refractivity contribution < 1.29 is 24.0 Å². The number of hydrogen-bond acceptors (Lipinski definition) is 7. The van der Waals surface area contributed by atoms with E-state index in [1.807, 2.05) is 6.07 Å². The molecule has 0 radical (unpaired) electrons. The van der Waals surface area contributed by atoms with Gasteiger partial charge in [-0.05, 0) is 49.9 Å². The second kappa shape index (κ2) is 13.2. The van der Waals surface area contributed by atoms with Crippen molar-refractivity contribution in [2.75, 3.05) is 44.2 Å². The van der Waals surface area contributed by atoms with E-state index < -0.39 is 23.8 Å². The molecule has 0 saturated carbocycles. The van der Waals surface area contributed by atoms with Gasteiger partial charge in [0.25, 0.3) is 11.8 Å². The summed E-state index contributed by atoms with van der Waals surface area (Å²) < 4.78 is 0. The first-order chi connectivity index (χ1) is 18.7. The molecule has 10 nitrogen and oxygen atoms in total. The van der Waals surface area contributed by atoms with Crippen LogP contribution in [0.25, 0.3) is 0 Å². The zero-order valence-electron chi connectivity index (χ0n) is 23.2. The average molecular weight is 540 g/mol. The second-order valence-electron chi connectivity index (χ2n) is 11.2. The first-order valence-electron chi connectivity index (χ1n) is 14.3. The number of piperazine rings is 1. The second-order valence-corrected chi connectivity index (χ2v) is 11.2. The van der Waals surface area contributed by atoms with Gasteiger partial charge in [0.05, 0.1) is 11.1 Å². The van der Waals surface area contributed by atoms with Crippen LogP contribution in [0.15, 0.2) is 18.2 Å². The van der Waals surface area contributed by atoms with E-state index in [2.05, 4.69) is 34.3 Å². The number of nitrogens with one attached hydrogen (secondary N) is 2. The number of unbranched alkanes of at least 4 members (excludes halogenated alkanes) is 4. The third-order valence-corrected chi connectivity index (χ3v) is 7.73. The maximum Gasteiger partial charge on any atom is 0.262 e. The van der Waals surface area contributed by atoms with Crippen molar-refractivity contribution >= 4 is 35.2 Å². The van der Waals surface area contributed by atoms with Crippen LogP contribution in [0.5, 0.6) is 0 Å². The van der Waals surface area contributed by atoms with Crippen LogP contribution in [-0.2, 0) is 14.4 Å². The molecule has 2 fully saturated rings. The van der Waals surface area contributed by atoms with Gasteiger partial charge < -0.3 is 10.2 Å². The summed E-state index contributed by atoms with van der Waals surface area (Å²) in [7, 11) is 0. The first-order valence-corrected chi connectivity index (χ1v) is 14.3. The topological polar surface area (TPSA) is 119 Å². The molecule has 39 heavy (non-hydrogen) atoms. The Morgan fingerprint density at radius 1 is 0.949 bits per heavy atom. The fraction of sp³-hybridized carbons (Fsp3) is 0.621. The maximum absolute atomic E-state index is 13.1. The van der Waals surface area contributed by atoms with Crippen LogP contribution in [-0.4, -0.2) is 84.6 Å². The molecule has 0 aromatic heterocycles. The van der Waals surface area contributed by atoms with Crippen molar-refractivity contribution in [1.82, 2.24) is 20.4 Å². The zero-order valence-corrected chi connectivity index (χ0v) is 23.2. The lowest BCUT2D eigenvalue weighted by atomic mass is 10.0. The molecule has 0 aliphatic carbocycles. The van der Waals surface area contributed by atoms with Crippen LogP contribution in [0.2, 0.25) is 0 Å². The highest BCUT2D eigenvalue weighted by Gasteiger charge is 2.44. The molecule has 1 unspecified atom stereocenters. The lowest BCUT2D eigenvalue weighted by molar-refractivity contribution is -0.136. The number of piperidine rings is 1. The van der Waals surface area contributed by atoms with Gasteiger partial charge >= 0.3 is 0 Å². The third kappa shape index (κ3) is 7.23. The van der Waals surface area contributed by atoms with Crippen LogP contribution in [0.1, 0.15) is 85.9 Å². The van der Waals surface area contributed by atoms with E-state index in [9.17, 15) is 24.0 Å². The molecule has 4 rings (SSSR count). The lowest BCUT2D eigenvalue weighted by Crippen LogP contribution is -2.54. The Labute approximate surface area is 230 Å². The molecule has 2 saturated heterocycles. The Morgan fingerprint density at radius 3 is 2.36 bits per heavy atom. The van der Waals surface area contributed by atoms with Crippen LogP contribution in [0.3, 0.4) is 0 Å². The normalized spacial score (nSPS) is 20.0. The van der Waals surface area contributed by atoms with Gasteiger partial charge in [-0.25, -0.2) is 0 Å². The Bertz CT molecular complexity index is 1100. The molecule has 1 aromatic carbocycles. The summed E-state index contributed by atoms with van der Waals surface area (Å²) in [6.07, 6.45) is 6.55. The quantitative estimate of drug-likeness (QED) is 0.309. The Hall–Kier alpha value is -3.27. The zero-order chi connectivity index (χ0) is 27.9. The summed E-state index contributed by atoms with van der Waals surface area (Å²) in [6, 6.07) is 4.37. The fourth-order valence-electron chi connectivity index (χ4n) is 5.55. The molecule has 0 spiro atoms. The number of nitrogens with zero attached hydrogens (tertiary/aromatic N) is 3. The molecule has 3 aliphatic heterocycles. The molecule has 10 heteroatoms. The number of carbonyl (C=O) groups excluding carboxylic acids is 5. The largest absolute Gasteiger partial charge is 0.369 e. The minimum absolute atomic E-state index is 0.109. The summed E-state index contributed by atoms with van der Waals surface area (Å²) in [6.45, 7) is 9.50. The number of hydrogen-bond donors (Lipinski definition) is 2. The molecular weight excluding hydrogens is 498 g/mol. The highest BCUT2D eigenvalue weighted by atomic mass is 16.2. The molecule has 2 N–H and O–H groups in total. The summed E-state index contributed by atoms with van der Waals surface area (Å²) in [5.41, 5.74) is 1.54. The summed E-state index contributed by atoms with van der Waals surface area (Å²) in [4.78, 5) is 67.2. The molecule has 3 heterocycles. The molecular formula is C29H41N5O5. The fourth-order valence-corrected chi connectivity index (χ4v) is 5.55. The van der Waals surface area contributed by atoms with Crippen molar-refractivity contribution in [2.45, 2.75) is 71.3 Å².